The summed E-state index contributed by atoms with van der Waals surface area (Å²) >= 11 is 0. The summed E-state index contributed by atoms with van der Waals surface area (Å²) < 4.78 is 28.6. The van der Waals surface area contributed by atoms with E-state index in [1.807, 2.05) is 0 Å². The van der Waals surface area contributed by atoms with Gasteiger partial charge in [-0.15, -0.1) is 0 Å². The molecule has 5 heteroatoms. The van der Waals surface area contributed by atoms with E-state index in [0.29, 0.717) is 18.0 Å². The molecule has 0 spiro atoms. The smallest absolute Gasteiger partial charge is 0.387 e. The van der Waals surface area contributed by atoms with E-state index < -0.39 is 12.7 Å². The Bertz CT molecular complexity index is 442. The number of hydrogen-bond donors (Lipinski definition) is 2. The largest absolute Gasteiger partial charge is 0.435 e. The lowest BCUT2D eigenvalue weighted by Gasteiger charge is -2.42. The van der Waals surface area contributed by atoms with Gasteiger partial charge in [0, 0.05) is 12.0 Å². The van der Waals surface area contributed by atoms with E-state index in [4.69, 9.17) is 5.73 Å². The Morgan fingerprint density at radius 3 is 2.33 bits per heavy atom. The predicted molar refractivity (Wildman–Crippen MR) is 77.2 cm³/mol. The molecule has 3 N–H and O–H groups in total. The first-order chi connectivity index (χ1) is 9.97. The molecule has 0 saturated heterocycles. The summed E-state index contributed by atoms with van der Waals surface area (Å²) in [5.74, 6) is 0.763. The molecule has 1 aromatic rings. The minimum absolute atomic E-state index is 0.0972. The molecule has 0 heterocycles. The van der Waals surface area contributed by atoms with Crippen molar-refractivity contribution in [3.8, 4) is 5.75 Å². The highest BCUT2D eigenvalue weighted by molar-refractivity contribution is 5.29. The molecule has 1 aliphatic rings. The van der Waals surface area contributed by atoms with Crippen LogP contribution < -0.4 is 10.5 Å². The third-order valence-corrected chi connectivity index (χ3v) is 4.68. The molecule has 3 nitrogen and oxygen atoms in total. The van der Waals surface area contributed by atoms with Crippen LogP contribution in [0.1, 0.15) is 44.3 Å². The van der Waals surface area contributed by atoms with Crippen LogP contribution in [0.4, 0.5) is 8.78 Å². The third-order valence-electron chi connectivity index (χ3n) is 4.68. The fraction of sp³-hybridized carbons (Fsp3) is 0.625. The lowest BCUT2D eigenvalue weighted by Crippen LogP contribution is -2.39. The van der Waals surface area contributed by atoms with Crippen molar-refractivity contribution in [2.24, 2.45) is 17.1 Å². The maximum Gasteiger partial charge on any atom is 0.387 e. The lowest BCUT2D eigenvalue weighted by molar-refractivity contribution is -0.0499. The molecule has 0 bridgehead atoms. The van der Waals surface area contributed by atoms with E-state index in [1.165, 1.54) is 12.1 Å². The Balaban J connectivity index is 2.12. The molecule has 1 unspecified atom stereocenters. The monoisotopic (exact) mass is 299 g/mol. The normalized spacial score (nSPS) is 27.6. The number of ether oxygens (including phenoxy) is 1. The lowest BCUT2D eigenvalue weighted by atomic mass is 9.66. The van der Waals surface area contributed by atoms with Crippen molar-refractivity contribution in [1.29, 1.82) is 0 Å². The van der Waals surface area contributed by atoms with Gasteiger partial charge < -0.3 is 15.6 Å². The van der Waals surface area contributed by atoms with Crippen LogP contribution in [-0.4, -0.2) is 18.3 Å². The quantitative estimate of drug-likeness (QED) is 0.875. The number of alkyl halides is 2. The molecule has 1 aromatic carbocycles. The molecule has 0 radical (unpaired) electrons. The van der Waals surface area contributed by atoms with Crippen LogP contribution in [0, 0.1) is 11.3 Å². The molecule has 21 heavy (non-hydrogen) atoms. The highest BCUT2D eigenvalue weighted by Gasteiger charge is 2.40. The fourth-order valence-electron chi connectivity index (χ4n) is 3.11. The molecule has 1 saturated carbocycles. The van der Waals surface area contributed by atoms with Crippen molar-refractivity contribution in [3.05, 3.63) is 29.8 Å². The minimum Gasteiger partial charge on any atom is -0.435 e. The maximum atomic E-state index is 12.1. The Hall–Kier alpha value is -1.20. The predicted octanol–water partition coefficient (Wildman–Crippen LogP) is 3.48. The SMILES string of the molecule is CC1CCC(CN)(C(O)c2ccc(OC(F)F)cc2)CC1. The standard InChI is InChI=1S/C16H23F2NO2/c1-11-6-8-16(10-19,9-7-11)14(20)12-2-4-13(5-3-12)21-15(17)18/h2-5,11,14-15,20H,6-10,19H2,1H3. The van der Waals surface area contributed by atoms with E-state index >= 15 is 0 Å². The van der Waals surface area contributed by atoms with Gasteiger partial charge in [0.15, 0.2) is 0 Å². The topological polar surface area (TPSA) is 55.5 Å². The summed E-state index contributed by atoms with van der Waals surface area (Å²) in [5, 5.41) is 10.7. The summed E-state index contributed by atoms with van der Waals surface area (Å²) in [5.41, 5.74) is 6.33. The van der Waals surface area contributed by atoms with Gasteiger partial charge in [-0.05, 0) is 36.5 Å². The van der Waals surface area contributed by atoms with Gasteiger partial charge in [0.05, 0.1) is 6.10 Å². The number of benzene rings is 1. The first kappa shape index (κ1) is 16.2. The van der Waals surface area contributed by atoms with Crippen LogP contribution in [0.5, 0.6) is 5.75 Å². The van der Waals surface area contributed by atoms with Crippen molar-refractivity contribution >= 4 is 0 Å². The average Bonchev–Trinajstić information content (AvgIpc) is 2.48. The minimum atomic E-state index is -2.84. The van der Waals surface area contributed by atoms with Gasteiger partial charge >= 0.3 is 6.61 Å². The van der Waals surface area contributed by atoms with Gasteiger partial charge in [0.1, 0.15) is 5.75 Å². The Kier molecular flexibility index (Phi) is 5.17. The van der Waals surface area contributed by atoms with E-state index in [9.17, 15) is 13.9 Å². The van der Waals surface area contributed by atoms with E-state index in [1.54, 1.807) is 12.1 Å². The van der Waals surface area contributed by atoms with Crippen molar-refractivity contribution in [2.45, 2.75) is 45.3 Å². The molecule has 118 valence electrons. The Morgan fingerprint density at radius 1 is 1.29 bits per heavy atom. The zero-order valence-corrected chi connectivity index (χ0v) is 12.3. The molecule has 1 fully saturated rings. The van der Waals surface area contributed by atoms with Crippen LogP contribution in [-0.2, 0) is 0 Å². The van der Waals surface area contributed by atoms with Crippen molar-refractivity contribution in [1.82, 2.24) is 0 Å². The summed E-state index contributed by atoms with van der Waals surface area (Å²) in [6.07, 6.45) is 3.22. The van der Waals surface area contributed by atoms with Gasteiger partial charge in [-0.2, -0.15) is 8.78 Å². The first-order valence-corrected chi connectivity index (χ1v) is 7.40. The average molecular weight is 299 g/mol. The summed E-state index contributed by atoms with van der Waals surface area (Å²) in [6, 6.07) is 6.19. The number of aliphatic hydroxyl groups is 1. The van der Waals surface area contributed by atoms with Crippen molar-refractivity contribution < 1.29 is 18.6 Å². The molecule has 0 aromatic heterocycles. The Labute approximate surface area is 124 Å². The number of nitrogens with two attached hydrogens (primary N) is 1. The zero-order chi connectivity index (χ0) is 15.5. The van der Waals surface area contributed by atoms with Crippen molar-refractivity contribution in [2.75, 3.05) is 6.54 Å². The fourth-order valence-corrected chi connectivity index (χ4v) is 3.11. The van der Waals surface area contributed by atoms with E-state index in [0.717, 1.165) is 25.7 Å². The van der Waals surface area contributed by atoms with Crippen molar-refractivity contribution in [3.63, 3.8) is 0 Å². The van der Waals surface area contributed by atoms with Crippen LogP contribution in [0.15, 0.2) is 24.3 Å². The summed E-state index contributed by atoms with van der Waals surface area (Å²) in [4.78, 5) is 0. The van der Waals surface area contributed by atoms with Gasteiger partial charge in [-0.25, -0.2) is 0 Å². The molecule has 0 aliphatic heterocycles. The van der Waals surface area contributed by atoms with Gasteiger partial charge in [-0.1, -0.05) is 31.9 Å². The maximum absolute atomic E-state index is 12.1. The molecular formula is C16H23F2NO2. The second-order valence-corrected chi connectivity index (χ2v) is 6.10. The van der Waals surface area contributed by atoms with Gasteiger partial charge in [0.25, 0.3) is 0 Å². The number of hydrogen-bond acceptors (Lipinski definition) is 3. The molecule has 0 amide bonds. The number of halogens is 2. The highest BCUT2D eigenvalue weighted by atomic mass is 19.3. The number of rotatable bonds is 5. The molecular weight excluding hydrogens is 276 g/mol. The molecule has 2 rings (SSSR count). The highest BCUT2D eigenvalue weighted by Crippen LogP contribution is 2.46. The molecule has 1 atom stereocenters. The second-order valence-electron chi connectivity index (χ2n) is 6.10. The van der Waals surface area contributed by atoms with Crippen LogP contribution in [0.3, 0.4) is 0 Å². The second kappa shape index (κ2) is 6.71. The van der Waals surface area contributed by atoms with Gasteiger partial charge in [-0.3, -0.25) is 0 Å². The van der Waals surface area contributed by atoms with Crippen LogP contribution in [0.25, 0.3) is 0 Å². The van der Waals surface area contributed by atoms with E-state index in [2.05, 4.69) is 11.7 Å². The van der Waals surface area contributed by atoms with E-state index in [-0.39, 0.29) is 11.2 Å². The summed E-state index contributed by atoms with van der Waals surface area (Å²) in [6.45, 7) is -0.199. The first-order valence-electron chi connectivity index (χ1n) is 7.40. The number of aliphatic hydroxyl groups excluding tert-OH is 1. The van der Waals surface area contributed by atoms with Gasteiger partial charge in [0.2, 0.25) is 0 Å². The van der Waals surface area contributed by atoms with Crippen LogP contribution >= 0.6 is 0 Å². The zero-order valence-electron chi connectivity index (χ0n) is 12.3. The molecule has 1 aliphatic carbocycles. The van der Waals surface area contributed by atoms with Crippen LogP contribution in [0.2, 0.25) is 0 Å². The third kappa shape index (κ3) is 3.71. The Morgan fingerprint density at radius 2 is 1.86 bits per heavy atom. The summed E-state index contributed by atoms with van der Waals surface area (Å²) in [7, 11) is 0.